The van der Waals surface area contributed by atoms with Crippen molar-refractivity contribution in [3.63, 3.8) is 0 Å². The zero-order valence-corrected chi connectivity index (χ0v) is 11.3. The second kappa shape index (κ2) is 5.73. The molecule has 112 valence electrons. The molecule has 0 aromatic carbocycles. The van der Waals surface area contributed by atoms with E-state index < -0.39 is 23.4 Å². The van der Waals surface area contributed by atoms with Crippen LogP contribution in [0.5, 0.6) is 0 Å². The summed E-state index contributed by atoms with van der Waals surface area (Å²) in [5.74, 6) is -2.39. The molecule has 1 aliphatic rings. The fraction of sp³-hybridized carbons (Fsp3) is 0.417. The van der Waals surface area contributed by atoms with Crippen LogP contribution in [0.3, 0.4) is 0 Å². The quantitative estimate of drug-likeness (QED) is 0.668. The smallest absolute Gasteiger partial charge is 0.345 e. The average Bonchev–Trinajstić information content (AvgIpc) is 2.81. The van der Waals surface area contributed by atoms with Crippen molar-refractivity contribution in [2.75, 3.05) is 18.1 Å². The van der Waals surface area contributed by atoms with Crippen molar-refractivity contribution in [3.8, 4) is 0 Å². The largest absolute Gasteiger partial charge is 0.462 e. The second-order valence-electron chi connectivity index (χ2n) is 4.48. The molecule has 0 bridgehead atoms. The Morgan fingerprint density at radius 3 is 2.76 bits per heavy atom. The molecule has 1 fully saturated rings. The molecule has 2 amide bonds. The van der Waals surface area contributed by atoms with Crippen molar-refractivity contribution >= 4 is 23.7 Å². The SMILES string of the molecule is CCOC(=O)c1cnc(N2CC(C(N)=O)CC2=O)[nH]c1=O. The Morgan fingerprint density at radius 1 is 1.52 bits per heavy atom. The number of aromatic amines is 1. The maximum atomic E-state index is 11.8. The number of aromatic nitrogens is 2. The maximum Gasteiger partial charge on any atom is 0.345 e. The summed E-state index contributed by atoms with van der Waals surface area (Å²) >= 11 is 0. The molecular weight excluding hydrogens is 280 g/mol. The summed E-state index contributed by atoms with van der Waals surface area (Å²) in [4.78, 5) is 53.5. The van der Waals surface area contributed by atoms with Crippen LogP contribution < -0.4 is 16.2 Å². The molecule has 21 heavy (non-hydrogen) atoms. The first-order valence-electron chi connectivity index (χ1n) is 6.30. The van der Waals surface area contributed by atoms with E-state index in [4.69, 9.17) is 10.5 Å². The van der Waals surface area contributed by atoms with Gasteiger partial charge in [0, 0.05) is 13.0 Å². The standard InChI is InChI=1S/C12H14N4O5/c1-2-21-11(20)7-4-14-12(15-10(7)19)16-5-6(9(13)18)3-8(16)17/h4,6H,2-3,5H2,1H3,(H2,13,18)(H,14,15,19). The van der Waals surface area contributed by atoms with E-state index in [9.17, 15) is 19.2 Å². The molecule has 1 aromatic rings. The number of hydrogen-bond donors (Lipinski definition) is 2. The van der Waals surface area contributed by atoms with Gasteiger partial charge in [-0.1, -0.05) is 0 Å². The molecule has 0 aliphatic carbocycles. The summed E-state index contributed by atoms with van der Waals surface area (Å²) in [6, 6.07) is 0. The lowest BCUT2D eigenvalue weighted by atomic mass is 10.1. The molecule has 2 heterocycles. The number of anilines is 1. The van der Waals surface area contributed by atoms with E-state index in [1.54, 1.807) is 6.92 Å². The summed E-state index contributed by atoms with van der Waals surface area (Å²) < 4.78 is 4.70. The van der Waals surface area contributed by atoms with Crippen LogP contribution in [0.15, 0.2) is 11.0 Å². The van der Waals surface area contributed by atoms with Gasteiger partial charge in [-0.25, -0.2) is 9.78 Å². The van der Waals surface area contributed by atoms with E-state index >= 15 is 0 Å². The highest BCUT2D eigenvalue weighted by molar-refractivity contribution is 5.99. The number of amides is 2. The molecule has 0 spiro atoms. The van der Waals surface area contributed by atoms with Crippen LogP contribution in [0, 0.1) is 5.92 Å². The Balaban J connectivity index is 2.25. The second-order valence-corrected chi connectivity index (χ2v) is 4.48. The zero-order valence-electron chi connectivity index (χ0n) is 11.3. The maximum absolute atomic E-state index is 11.8. The lowest BCUT2D eigenvalue weighted by Gasteiger charge is -2.14. The fourth-order valence-corrected chi connectivity index (χ4v) is 1.98. The number of H-pyrrole nitrogens is 1. The number of nitrogens with one attached hydrogen (secondary N) is 1. The molecule has 1 saturated heterocycles. The minimum Gasteiger partial charge on any atom is -0.462 e. The van der Waals surface area contributed by atoms with Gasteiger partial charge in [0.2, 0.25) is 17.8 Å². The van der Waals surface area contributed by atoms with Gasteiger partial charge in [-0.15, -0.1) is 0 Å². The van der Waals surface area contributed by atoms with Crippen LogP contribution in [0.1, 0.15) is 23.7 Å². The zero-order chi connectivity index (χ0) is 15.6. The summed E-state index contributed by atoms with van der Waals surface area (Å²) in [7, 11) is 0. The van der Waals surface area contributed by atoms with E-state index in [1.165, 1.54) is 0 Å². The van der Waals surface area contributed by atoms with Gasteiger partial charge in [-0.05, 0) is 6.92 Å². The molecular formula is C12H14N4O5. The topological polar surface area (TPSA) is 135 Å². The number of nitrogens with two attached hydrogens (primary N) is 1. The number of primary amides is 1. The summed E-state index contributed by atoms with van der Waals surface area (Å²) in [5, 5.41) is 0. The first kappa shape index (κ1) is 14.7. The summed E-state index contributed by atoms with van der Waals surface area (Å²) in [6.45, 7) is 1.79. The van der Waals surface area contributed by atoms with Crippen LogP contribution in [0.2, 0.25) is 0 Å². The monoisotopic (exact) mass is 294 g/mol. The lowest BCUT2D eigenvalue weighted by Crippen LogP contribution is -2.32. The molecule has 0 saturated carbocycles. The lowest BCUT2D eigenvalue weighted by molar-refractivity contribution is -0.123. The molecule has 1 atom stereocenters. The van der Waals surface area contributed by atoms with Crippen LogP contribution in [-0.4, -0.2) is 40.9 Å². The van der Waals surface area contributed by atoms with E-state index in [0.717, 1.165) is 11.1 Å². The Bertz CT molecular complexity index is 653. The Kier molecular flexibility index (Phi) is 4.01. The summed E-state index contributed by atoms with van der Waals surface area (Å²) in [5.41, 5.74) is 4.19. The van der Waals surface area contributed by atoms with Gasteiger partial charge in [0.25, 0.3) is 5.56 Å². The van der Waals surface area contributed by atoms with Crippen molar-refractivity contribution in [1.82, 2.24) is 9.97 Å². The number of nitrogens with zero attached hydrogens (tertiary/aromatic N) is 2. The highest BCUT2D eigenvalue weighted by Gasteiger charge is 2.35. The molecule has 3 N–H and O–H groups in total. The highest BCUT2D eigenvalue weighted by atomic mass is 16.5. The van der Waals surface area contributed by atoms with Crippen LogP contribution >= 0.6 is 0 Å². The third-order valence-corrected chi connectivity index (χ3v) is 3.06. The predicted molar refractivity (Wildman–Crippen MR) is 70.5 cm³/mol. The van der Waals surface area contributed by atoms with Crippen molar-refractivity contribution < 1.29 is 19.1 Å². The van der Waals surface area contributed by atoms with Gasteiger partial charge < -0.3 is 10.5 Å². The first-order chi connectivity index (χ1) is 9.93. The third kappa shape index (κ3) is 2.91. The van der Waals surface area contributed by atoms with E-state index in [1.807, 2.05) is 0 Å². The average molecular weight is 294 g/mol. The Morgan fingerprint density at radius 2 is 2.24 bits per heavy atom. The Hall–Kier alpha value is -2.71. The number of hydrogen-bond acceptors (Lipinski definition) is 6. The van der Waals surface area contributed by atoms with Gasteiger partial charge in [-0.2, -0.15) is 0 Å². The van der Waals surface area contributed by atoms with Crippen molar-refractivity contribution in [1.29, 1.82) is 0 Å². The molecule has 1 aromatic heterocycles. The number of rotatable bonds is 4. The minimum absolute atomic E-state index is 0.0261. The van der Waals surface area contributed by atoms with Crippen LogP contribution in [0.25, 0.3) is 0 Å². The third-order valence-electron chi connectivity index (χ3n) is 3.06. The minimum atomic E-state index is -0.791. The van der Waals surface area contributed by atoms with Gasteiger partial charge in [0.05, 0.1) is 18.7 Å². The van der Waals surface area contributed by atoms with Crippen LogP contribution in [-0.2, 0) is 14.3 Å². The Labute approximate surface area is 119 Å². The number of carbonyl (C=O) groups is 3. The van der Waals surface area contributed by atoms with E-state index in [2.05, 4.69) is 9.97 Å². The number of carbonyl (C=O) groups excluding carboxylic acids is 3. The van der Waals surface area contributed by atoms with Crippen molar-refractivity contribution in [2.24, 2.45) is 11.7 Å². The predicted octanol–water partition coefficient (Wildman–Crippen LogP) is -1.22. The van der Waals surface area contributed by atoms with Gasteiger partial charge >= 0.3 is 5.97 Å². The first-order valence-corrected chi connectivity index (χ1v) is 6.30. The molecule has 2 rings (SSSR count). The van der Waals surface area contributed by atoms with Crippen LogP contribution in [0.4, 0.5) is 5.95 Å². The van der Waals surface area contributed by atoms with E-state index in [0.29, 0.717) is 0 Å². The van der Waals surface area contributed by atoms with Gasteiger partial charge in [0.15, 0.2) is 0 Å². The van der Waals surface area contributed by atoms with Crippen molar-refractivity contribution in [3.05, 3.63) is 22.1 Å². The molecule has 9 nitrogen and oxygen atoms in total. The van der Waals surface area contributed by atoms with Gasteiger partial charge in [0.1, 0.15) is 5.56 Å². The van der Waals surface area contributed by atoms with Gasteiger partial charge in [-0.3, -0.25) is 24.3 Å². The molecule has 9 heteroatoms. The summed E-state index contributed by atoms with van der Waals surface area (Å²) in [6.07, 6.45) is 1.01. The molecule has 0 radical (unpaired) electrons. The number of esters is 1. The number of ether oxygens (including phenoxy) is 1. The molecule has 1 aliphatic heterocycles. The van der Waals surface area contributed by atoms with E-state index in [-0.39, 0.29) is 37.0 Å². The normalized spacial score (nSPS) is 17.9. The molecule has 1 unspecified atom stereocenters. The van der Waals surface area contributed by atoms with Crippen molar-refractivity contribution in [2.45, 2.75) is 13.3 Å². The highest BCUT2D eigenvalue weighted by Crippen LogP contribution is 2.20. The fourth-order valence-electron chi connectivity index (χ4n) is 1.98.